The summed E-state index contributed by atoms with van der Waals surface area (Å²) in [6.07, 6.45) is 0.592. The molecule has 1 heterocycles. The van der Waals surface area contributed by atoms with Gasteiger partial charge in [-0.1, -0.05) is 58.7 Å². The summed E-state index contributed by atoms with van der Waals surface area (Å²) in [5, 5.41) is 14.0. The van der Waals surface area contributed by atoms with Crippen molar-refractivity contribution in [3.63, 3.8) is 0 Å². The fraction of sp³-hybridized carbons (Fsp3) is 0.263. The molecule has 0 aromatic heterocycles. The molecule has 4 nitrogen and oxygen atoms in total. The number of carbonyl (C=O) groups is 1. The lowest BCUT2D eigenvalue weighted by Gasteiger charge is -2.19. The fourth-order valence-electron chi connectivity index (χ4n) is 3.20. The maximum Gasteiger partial charge on any atom is 0.232 e. The number of halogens is 2. The van der Waals surface area contributed by atoms with E-state index in [1.165, 1.54) is 0 Å². The van der Waals surface area contributed by atoms with Crippen molar-refractivity contribution in [1.82, 2.24) is 4.90 Å². The molecule has 0 aliphatic carbocycles. The van der Waals surface area contributed by atoms with Crippen molar-refractivity contribution < 1.29 is 10.0 Å². The van der Waals surface area contributed by atoms with Crippen LogP contribution in [0.25, 0.3) is 0 Å². The van der Waals surface area contributed by atoms with E-state index < -0.39 is 5.92 Å². The number of nitrogens with zero attached hydrogens (tertiary/aromatic N) is 2. The molecule has 1 aliphatic heterocycles. The van der Waals surface area contributed by atoms with Gasteiger partial charge in [0.25, 0.3) is 0 Å². The van der Waals surface area contributed by atoms with Crippen molar-refractivity contribution in [3.05, 3.63) is 69.2 Å². The first-order valence-corrected chi connectivity index (χ1v) is 8.78. The van der Waals surface area contributed by atoms with E-state index in [0.29, 0.717) is 35.3 Å². The first kappa shape index (κ1) is 17.8. The van der Waals surface area contributed by atoms with E-state index in [-0.39, 0.29) is 5.91 Å². The molecule has 6 heteroatoms. The molecular formula is C19H18Cl2N2O2. The first-order valence-electron chi connectivity index (χ1n) is 8.02. The number of oxime groups is 1. The molecule has 2 aromatic carbocycles. The predicted octanol–water partition coefficient (Wildman–Crippen LogP) is 4.53. The quantitative estimate of drug-likeness (QED) is 0.484. The van der Waals surface area contributed by atoms with Crippen molar-refractivity contribution in [2.45, 2.75) is 19.9 Å². The van der Waals surface area contributed by atoms with Crippen molar-refractivity contribution in [3.8, 4) is 0 Å². The predicted molar refractivity (Wildman–Crippen MR) is 99.5 cm³/mol. The molecule has 2 aromatic rings. The highest BCUT2D eigenvalue weighted by atomic mass is 35.5. The number of carbonyl (C=O) groups excluding carboxylic acids is 1. The average molecular weight is 377 g/mol. The largest absolute Gasteiger partial charge is 0.411 e. The Morgan fingerprint density at radius 1 is 1.20 bits per heavy atom. The molecule has 1 atom stereocenters. The van der Waals surface area contributed by atoms with Gasteiger partial charge in [0.15, 0.2) is 0 Å². The van der Waals surface area contributed by atoms with E-state index in [1.807, 2.05) is 31.2 Å². The van der Waals surface area contributed by atoms with Gasteiger partial charge in [-0.05, 0) is 31.0 Å². The van der Waals surface area contributed by atoms with Gasteiger partial charge in [0.1, 0.15) is 0 Å². The Labute approximate surface area is 156 Å². The third-order valence-corrected chi connectivity index (χ3v) is 5.28. The maximum atomic E-state index is 12.9. The van der Waals surface area contributed by atoms with Crippen LogP contribution in [0.5, 0.6) is 0 Å². The van der Waals surface area contributed by atoms with Crippen LogP contribution < -0.4 is 0 Å². The Hall–Kier alpha value is -2.04. The monoisotopic (exact) mass is 376 g/mol. The Kier molecular flexibility index (Phi) is 5.30. The van der Waals surface area contributed by atoms with E-state index in [9.17, 15) is 10.0 Å². The number of amides is 1. The zero-order chi connectivity index (χ0) is 18.0. The van der Waals surface area contributed by atoms with Crippen LogP contribution >= 0.6 is 23.2 Å². The normalized spacial score (nSPS) is 18.0. The molecule has 1 N–H and O–H groups in total. The summed E-state index contributed by atoms with van der Waals surface area (Å²) in [5.41, 5.74) is 2.91. The van der Waals surface area contributed by atoms with Crippen LogP contribution in [-0.4, -0.2) is 28.3 Å². The Balaban J connectivity index is 1.83. The third-order valence-electron chi connectivity index (χ3n) is 4.57. The second-order valence-corrected chi connectivity index (χ2v) is 6.92. The van der Waals surface area contributed by atoms with Crippen LogP contribution in [0.1, 0.15) is 23.1 Å². The summed E-state index contributed by atoms with van der Waals surface area (Å²) in [6, 6.07) is 12.9. The van der Waals surface area contributed by atoms with Crippen LogP contribution in [0.3, 0.4) is 0 Å². The Morgan fingerprint density at radius 2 is 1.88 bits per heavy atom. The van der Waals surface area contributed by atoms with Gasteiger partial charge in [0, 0.05) is 34.3 Å². The highest BCUT2D eigenvalue weighted by Gasteiger charge is 2.37. The second kappa shape index (κ2) is 7.46. The van der Waals surface area contributed by atoms with Gasteiger partial charge in [-0.3, -0.25) is 4.79 Å². The topological polar surface area (TPSA) is 52.9 Å². The molecule has 130 valence electrons. The summed E-state index contributed by atoms with van der Waals surface area (Å²) < 4.78 is 0. The van der Waals surface area contributed by atoms with Crippen molar-refractivity contribution in [1.29, 1.82) is 0 Å². The molecule has 0 radical (unpaired) electrons. The van der Waals surface area contributed by atoms with Crippen LogP contribution in [0, 0.1) is 12.8 Å². The number of likely N-dealkylation sites (tertiary alicyclic amines) is 1. The van der Waals surface area contributed by atoms with Crippen LogP contribution in [-0.2, 0) is 11.3 Å². The third kappa shape index (κ3) is 3.51. The fourth-order valence-corrected chi connectivity index (χ4v) is 3.71. The zero-order valence-electron chi connectivity index (χ0n) is 13.7. The van der Waals surface area contributed by atoms with Gasteiger partial charge in [0.2, 0.25) is 5.91 Å². The summed E-state index contributed by atoms with van der Waals surface area (Å²) in [4.78, 5) is 14.6. The van der Waals surface area contributed by atoms with Crippen LogP contribution in [0.4, 0.5) is 0 Å². The minimum absolute atomic E-state index is 0.0768. The van der Waals surface area contributed by atoms with E-state index in [0.717, 1.165) is 16.7 Å². The Morgan fingerprint density at radius 3 is 2.52 bits per heavy atom. The van der Waals surface area contributed by atoms with Crippen LogP contribution in [0.2, 0.25) is 10.0 Å². The molecule has 3 rings (SSSR count). The molecule has 1 amide bonds. The molecule has 1 unspecified atom stereocenters. The molecule has 1 saturated heterocycles. The Bertz CT molecular complexity index is 816. The lowest BCUT2D eigenvalue weighted by molar-refractivity contribution is -0.129. The standard InChI is InChI=1S/C19H18Cl2N2O2/c1-12-5-2-3-6-13(12)18(22-25)14-9-10-23(19(14)24)11-15-16(20)7-4-8-17(15)21/h2-8,14,25H,9-11H2,1H3/b22-18+. The number of hydrogen-bond acceptors (Lipinski definition) is 3. The highest BCUT2D eigenvalue weighted by Crippen LogP contribution is 2.30. The second-order valence-electron chi connectivity index (χ2n) is 6.10. The SMILES string of the molecule is Cc1ccccc1/C(=N\O)C1CCN(Cc2c(Cl)cccc2Cl)C1=O. The average Bonchev–Trinajstić information content (AvgIpc) is 2.94. The van der Waals surface area contributed by atoms with Gasteiger partial charge >= 0.3 is 0 Å². The minimum atomic E-state index is -0.465. The number of rotatable bonds is 4. The van der Waals surface area contributed by atoms with Gasteiger partial charge in [0.05, 0.1) is 11.6 Å². The van der Waals surface area contributed by atoms with Crippen molar-refractivity contribution >= 4 is 34.8 Å². The van der Waals surface area contributed by atoms with E-state index in [2.05, 4.69) is 5.16 Å². The summed E-state index contributed by atoms with van der Waals surface area (Å²) in [7, 11) is 0. The van der Waals surface area contributed by atoms with Crippen LogP contribution in [0.15, 0.2) is 47.6 Å². The molecule has 1 fully saturated rings. The van der Waals surface area contributed by atoms with E-state index in [1.54, 1.807) is 23.1 Å². The molecule has 1 aliphatic rings. The first-order chi connectivity index (χ1) is 12.0. The lowest BCUT2D eigenvalue weighted by Crippen LogP contribution is -2.31. The van der Waals surface area contributed by atoms with Gasteiger partial charge in [-0.2, -0.15) is 0 Å². The summed E-state index contributed by atoms with van der Waals surface area (Å²) in [6.45, 7) is 2.84. The maximum absolute atomic E-state index is 12.9. The smallest absolute Gasteiger partial charge is 0.232 e. The number of aryl methyl sites for hydroxylation is 1. The number of benzene rings is 2. The van der Waals surface area contributed by atoms with E-state index >= 15 is 0 Å². The van der Waals surface area contributed by atoms with Crippen molar-refractivity contribution in [2.75, 3.05) is 6.54 Å². The lowest BCUT2D eigenvalue weighted by atomic mass is 9.92. The zero-order valence-corrected chi connectivity index (χ0v) is 15.3. The molecule has 0 bridgehead atoms. The summed E-state index contributed by atoms with van der Waals surface area (Å²) in [5.74, 6) is -0.542. The number of hydrogen-bond donors (Lipinski definition) is 1. The molecule has 0 saturated carbocycles. The minimum Gasteiger partial charge on any atom is -0.411 e. The highest BCUT2D eigenvalue weighted by molar-refractivity contribution is 6.36. The summed E-state index contributed by atoms with van der Waals surface area (Å²) >= 11 is 12.4. The van der Waals surface area contributed by atoms with Gasteiger partial charge in [-0.15, -0.1) is 0 Å². The molecule has 0 spiro atoms. The molecule has 25 heavy (non-hydrogen) atoms. The van der Waals surface area contributed by atoms with Gasteiger partial charge in [-0.25, -0.2) is 0 Å². The van der Waals surface area contributed by atoms with Gasteiger partial charge < -0.3 is 10.1 Å². The van der Waals surface area contributed by atoms with Crippen molar-refractivity contribution in [2.24, 2.45) is 11.1 Å². The van der Waals surface area contributed by atoms with E-state index in [4.69, 9.17) is 23.2 Å². The molecular weight excluding hydrogens is 359 g/mol.